The fourth-order valence-corrected chi connectivity index (χ4v) is 2.05. The second-order valence-electron chi connectivity index (χ2n) is 3.93. The van der Waals surface area contributed by atoms with Gasteiger partial charge in [0.15, 0.2) is 5.02 Å². The molecule has 0 spiro atoms. The Morgan fingerprint density at radius 2 is 2.10 bits per heavy atom. The van der Waals surface area contributed by atoms with Gasteiger partial charge in [-0.2, -0.15) is 4.68 Å². The first-order valence-corrected chi connectivity index (χ1v) is 6.09. The third kappa shape index (κ3) is 2.89. The zero-order chi connectivity index (χ0) is 14.9. The molecule has 2 aromatic rings. The standard InChI is InChI=1S/C11H8Cl2N4O3/c12-8-3-6(10(14)18)1-2-7(8)4-16-5-9(13)11(15-16)17(19)20/h1-3,5H,4H2,(H2,14,18). The van der Waals surface area contributed by atoms with Crippen molar-refractivity contribution in [1.29, 1.82) is 0 Å². The zero-order valence-electron chi connectivity index (χ0n) is 9.92. The minimum atomic E-state index is -0.670. The molecule has 1 amide bonds. The lowest BCUT2D eigenvalue weighted by atomic mass is 10.1. The van der Waals surface area contributed by atoms with E-state index in [9.17, 15) is 14.9 Å². The zero-order valence-corrected chi connectivity index (χ0v) is 11.4. The van der Waals surface area contributed by atoms with Crippen LogP contribution in [0.15, 0.2) is 24.4 Å². The number of carbonyl (C=O) groups is 1. The third-order valence-corrected chi connectivity index (χ3v) is 3.16. The summed E-state index contributed by atoms with van der Waals surface area (Å²) in [6, 6.07) is 4.55. The maximum absolute atomic E-state index is 11.0. The summed E-state index contributed by atoms with van der Waals surface area (Å²) in [5, 5.41) is 14.6. The lowest BCUT2D eigenvalue weighted by Crippen LogP contribution is -2.11. The van der Waals surface area contributed by atoms with E-state index in [1.54, 1.807) is 6.07 Å². The Hall–Kier alpha value is -2.12. The Labute approximate surface area is 123 Å². The summed E-state index contributed by atoms with van der Waals surface area (Å²) >= 11 is 11.7. The van der Waals surface area contributed by atoms with E-state index in [1.165, 1.54) is 23.0 Å². The van der Waals surface area contributed by atoms with Gasteiger partial charge in [-0.3, -0.25) is 4.79 Å². The topological polar surface area (TPSA) is 104 Å². The molecule has 0 aliphatic heterocycles. The van der Waals surface area contributed by atoms with Crippen LogP contribution >= 0.6 is 23.2 Å². The van der Waals surface area contributed by atoms with Crippen LogP contribution in [0.4, 0.5) is 5.82 Å². The van der Waals surface area contributed by atoms with Gasteiger partial charge in [0.1, 0.15) is 0 Å². The van der Waals surface area contributed by atoms with Crippen LogP contribution in [0.5, 0.6) is 0 Å². The molecule has 0 saturated heterocycles. The van der Waals surface area contributed by atoms with Gasteiger partial charge in [0.25, 0.3) is 0 Å². The number of aromatic nitrogens is 2. The molecular formula is C11H8Cl2N4O3. The molecule has 2 rings (SSSR count). The molecule has 0 saturated carbocycles. The van der Waals surface area contributed by atoms with E-state index >= 15 is 0 Å². The molecule has 0 fully saturated rings. The number of rotatable bonds is 4. The molecule has 0 radical (unpaired) electrons. The molecule has 1 heterocycles. The molecule has 0 atom stereocenters. The first-order valence-electron chi connectivity index (χ1n) is 5.34. The van der Waals surface area contributed by atoms with Gasteiger partial charge in [0.05, 0.1) is 17.8 Å². The average molecular weight is 315 g/mol. The fourth-order valence-electron chi connectivity index (χ4n) is 1.59. The van der Waals surface area contributed by atoms with E-state index in [2.05, 4.69) is 5.10 Å². The number of nitrogens with zero attached hydrogens (tertiary/aromatic N) is 3. The van der Waals surface area contributed by atoms with E-state index in [0.29, 0.717) is 10.6 Å². The molecule has 104 valence electrons. The number of nitro groups is 1. The molecule has 0 bridgehead atoms. The Morgan fingerprint density at radius 3 is 2.60 bits per heavy atom. The summed E-state index contributed by atoms with van der Waals surface area (Å²) in [4.78, 5) is 21.0. The third-order valence-electron chi connectivity index (χ3n) is 2.54. The minimum absolute atomic E-state index is 0.0557. The molecular weight excluding hydrogens is 307 g/mol. The average Bonchev–Trinajstić information content (AvgIpc) is 2.73. The summed E-state index contributed by atoms with van der Waals surface area (Å²) < 4.78 is 1.30. The number of halogens is 2. The molecule has 0 unspecified atom stereocenters. The first-order chi connectivity index (χ1) is 9.38. The maximum atomic E-state index is 11.0. The highest BCUT2D eigenvalue weighted by Gasteiger charge is 2.19. The highest BCUT2D eigenvalue weighted by molar-refractivity contribution is 6.32. The molecule has 0 aliphatic rings. The second-order valence-corrected chi connectivity index (χ2v) is 4.74. The largest absolute Gasteiger partial charge is 0.408 e. The molecule has 1 aromatic heterocycles. The number of primary amides is 1. The number of hydrogen-bond donors (Lipinski definition) is 1. The SMILES string of the molecule is NC(=O)c1ccc(Cn2cc(Cl)c([N+](=O)[O-])n2)c(Cl)c1. The van der Waals surface area contributed by atoms with Crippen LogP contribution in [0.3, 0.4) is 0 Å². The van der Waals surface area contributed by atoms with Crippen molar-refractivity contribution in [3.05, 3.63) is 55.7 Å². The van der Waals surface area contributed by atoms with Crippen molar-refractivity contribution in [3.8, 4) is 0 Å². The summed E-state index contributed by atoms with van der Waals surface area (Å²) in [6.07, 6.45) is 1.33. The van der Waals surface area contributed by atoms with Crippen LogP contribution in [0, 0.1) is 10.1 Å². The van der Waals surface area contributed by atoms with Crippen LogP contribution in [0.25, 0.3) is 0 Å². The van der Waals surface area contributed by atoms with E-state index in [-0.39, 0.29) is 17.1 Å². The Kier molecular flexibility index (Phi) is 3.91. The number of carbonyl (C=O) groups excluding carboxylic acids is 1. The summed E-state index contributed by atoms with van der Waals surface area (Å²) in [6.45, 7) is 0.186. The summed E-state index contributed by atoms with van der Waals surface area (Å²) in [5.74, 6) is -1.01. The Balaban J connectivity index is 2.28. The highest BCUT2D eigenvalue weighted by atomic mass is 35.5. The van der Waals surface area contributed by atoms with Crippen molar-refractivity contribution in [1.82, 2.24) is 9.78 Å². The number of amides is 1. The van der Waals surface area contributed by atoms with E-state index in [4.69, 9.17) is 28.9 Å². The van der Waals surface area contributed by atoms with Gasteiger partial charge in [0.2, 0.25) is 5.91 Å². The second kappa shape index (κ2) is 5.48. The van der Waals surface area contributed by atoms with Crippen molar-refractivity contribution in [2.24, 2.45) is 5.73 Å². The molecule has 9 heteroatoms. The maximum Gasteiger partial charge on any atom is 0.408 e. The smallest absolute Gasteiger partial charge is 0.366 e. The predicted molar refractivity (Wildman–Crippen MR) is 73.0 cm³/mol. The monoisotopic (exact) mass is 314 g/mol. The lowest BCUT2D eigenvalue weighted by molar-refractivity contribution is -0.389. The molecule has 7 nitrogen and oxygen atoms in total. The fraction of sp³-hybridized carbons (Fsp3) is 0.0909. The van der Waals surface area contributed by atoms with Gasteiger partial charge in [-0.25, -0.2) is 0 Å². The number of nitrogens with two attached hydrogens (primary N) is 1. The van der Waals surface area contributed by atoms with Crippen LogP contribution < -0.4 is 5.73 Å². The molecule has 1 aromatic carbocycles. The first kappa shape index (κ1) is 14.3. The lowest BCUT2D eigenvalue weighted by Gasteiger charge is -2.03. The Morgan fingerprint density at radius 1 is 1.40 bits per heavy atom. The van der Waals surface area contributed by atoms with Crippen molar-refractivity contribution >= 4 is 34.9 Å². The van der Waals surface area contributed by atoms with Gasteiger partial charge in [-0.05, 0) is 22.6 Å². The summed E-state index contributed by atoms with van der Waals surface area (Å²) in [5.41, 5.74) is 6.05. The van der Waals surface area contributed by atoms with E-state index < -0.39 is 16.6 Å². The summed E-state index contributed by atoms with van der Waals surface area (Å²) in [7, 11) is 0. The van der Waals surface area contributed by atoms with Crippen LogP contribution in [0.1, 0.15) is 15.9 Å². The predicted octanol–water partition coefficient (Wildman–Crippen LogP) is 2.25. The van der Waals surface area contributed by atoms with E-state index in [0.717, 1.165) is 0 Å². The van der Waals surface area contributed by atoms with Crippen molar-refractivity contribution in [3.63, 3.8) is 0 Å². The Bertz CT molecular complexity index is 699. The quantitative estimate of drug-likeness (QED) is 0.690. The van der Waals surface area contributed by atoms with Gasteiger partial charge in [-0.15, -0.1) is 0 Å². The number of hydrogen-bond acceptors (Lipinski definition) is 4. The van der Waals surface area contributed by atoms with E-state index in [1.807, 2.05) is 0 Å². The van der Waals surface area contributed by atoms with Crippen LogP contribution in [-0.2, 0) is 6.54 Å². The van der Waals surface area contributed by atoms with Crippen LogP contribution in [-0.4, -0.2) is 20.6 Å². The molecule has 20 heavy (non-hydrogen) atoms. The van der Waals surface area contributed by atoms with Gasteiger partial charge < -0.3 is 15.8 Å². The van der Waals surface area contributed by atoms with Gasteiger partial charge >= 0.3 is 5.82 Å². The van der Waals surface area contributed by atoms with Crippen molar-refractivity contribution < 1.29 is 9.72 Å². The van der Waals surface area contributed by atoms with Crippen molar-refractivity contribution in [2.75, 3.05) is 0 Å². The van der Waals surface area contributed by atoms with Gasteiger partial charge in [-0.1, -0.05) is 29.3 Å². The molecule has 2 N–H and O–H groups in total. The minimum Gasteiger partial charge on any atom is -0.366 e. The van der Waals surface area contributed by atoms with Crippen LogP contribution in [0.2, 0.25) is 10.0 Å². The molecule has 0 aliphatic carbocycles. The highest BCUT2D eigenvalue weighted by Crippen LogP contribution is 2.24. The van der Waals surface area contributed by atoms with Gasteiger partial charge in [0, 0.05) is 10.6 Å². The van der Waals surface area contributed by atoms with Crippen molar-refractivity contribution in [2.45, 2.75) is 6.54 Å². The normalized spacial score (nSPS) is 10.5. The number of benzene rings is 1.